The summed E-state index contributed by atoms with van der Waals surface area (Å²) in [4.78, 5) is 4.46. The number of benzene rings is 1. The van der Waals surface area contributed by atoms with E-state index in [0.717, 1.165) is 27.8 Å². The van der Waals surface area contributed by atoms with Crippen LogP contribution in [0.2, 0.25) is 0 Å². The van der Waals surface area contributed by atoms with Gasteiger partial charge in [0.1, 0.15) is 5.76 Å². The first kappa shape index (κ1) is 11.9. The van der Waals surface area contributed by atoms with E-state index in [1.807, 2.05) is 43.3 Å². The normalized spacial score (nSPS) is 12.7. The number of hydrogen-bond acceptors (Lipinski definition) is 4. The number of hydrogen-bond donors (Lipinski definition) is 2. The number of hydrazine groups is 1. The van der Waals surface area contributed by atoms with E-state index in [0.29, 0.717) is 0 Å². The first-order valence-corrected chi connectivity index (χ1v) is 6.14. The molecule has 2 aromatic heterocycles. The molecule has 0 amide bonds. The maximum Gasteiger partial charge on any atom is 0.101 e. The lowest BCUT2D eigenvalue weighted by molar-refractivity contribution is 0.526. The molecule has 3 N–H and O–H groups in total. The van der Waals surface area contributed by atoms with Crippen LogP contribution >= 0.6 is 0 Å². The summed E-state index contributed by atoms with van der Waals surface area (Å²) in [6.45, 7) is 1.92. The van der Waals surface area contributed by atoms with Gasteiger partial charge in [0, 0.05) is 22.7 Å². The molecule has 0 saturated heterocycles. The highest BCUT2D eigenvalue weighted by molar-refractivity contribution is 5.82. The Kier molecular flexibility index (Phi) is 3.03. The van der Waals surface area contributed by atoms with Gasteiger partial charge >= 0.3 is 0 Å². The molecule has 0 spiro atoms. The van der Waals surface area contributed by atoms with Crippen molar-refractivity contribution in [1.29, 1.82) is 0 Å². The van der Waals surface area contributed by atoms with Crippen molar-refractivity contribution in [2.75, 3.05) is 0 Å². The summed E-state index contributed by atoms with van der Waals surface area (Å²) in [6, 6.07) is 11.9. The summed E-state index contributed by atoms with van der Waals surface area (Å²) in [5.74, 6) is 6.58. The first-order chi connectivity index (χ1) is 9.29. The van der Waals surface area contributed by atoms with Crippen molar-refractivity contribution in [3.8, 4) is 0 Å². The Morgan fingerprint density at radius 3 is 2.84 bits per heavy atom. The van der Waals surface area contributed by atoms with Crippen molar-refractivity contribution in [3.63, 3.8) is 0 Å². The molecule has 0 aliphatic rings. The van der Waals surface area contributed by atoms with Crippen LogP contribution in [0.15, 0.2) is 53.3 Å². The number of fused-ring (bicyclic) bond motifs is 1. The molecule has 0 aliphatic heterocycles. The summed E-state index contributed by atoms with van der Waals surface area (Å²) in [5, 5.41) is 1.10. The van der Waals surface area contributed by atoms with Gasteiger partial charge in [0.25, 0.3) is 0 Å². The Bertz CT molecular complexity index is 700. The Labute approximate surface area is 111 Å². The smallest absolute Gasteiger partial charge is 0.101 e. The number of nitrogens with one attached hydrogen (secondary N) is 1. The molecule has 3 rings (SSSR count). The molecule has 0 radical (unpaired) electrons. The van der Waals surface area contributed by atoms with Crippen molar-refractivity contribution in [2.24, 2.45) is 5.84 Å². The fourth-order valence-electron chi connectivity index (χ4n) is 2.34. The minimum absolute atomic E-state index is 0.129. The minimum atomic E-state index is -0.129. The van der Waals surface area contributed by atoms with Gasteiger partial charge in [-0.3, -0.25) is 10.8 Å². The molecular formula is C15H15N3O. The summed E-state index contributed by atoms with van der Waals surface area (Å²) in [6.07, 6.45) is 3.52. The maximum atomic E-state index is 5.72. The van der Waals surface area contributed by atoms with Gasteiger partial charge < -0.3 is 4.42 Å². The third kappa shape index (κ3) is 2.12. The summed E-state index contributed by atoms with van der Waals surface area (Å²) in [5.41, 5.74) is 5.83. The zero-order chi connectivity index (χ0) is 13.2. The molecule has 2 heterocycles. The fraction of sp³-hybridized carbons (Fsp3) is 0.133. The third-order valence-corrected chi connectivity index (χ3v) is 3.23. The van der Waals surface area contributed by atoms with Crippen LogP contribution in [0.3, 0.4) is 0 Å². The molecule has 1 unspecified atom stereocenters. The standard InChI is InChI=1S/C15H15N3O/c1-10-8-12(9-19-10)15(18-16)13-6-2-4-11-5-3-7-17-14(11)13/h2-9,15,18H,16H2,1H3. The minimum Gasteiger partial charge on any atom is -0.469 e. The van der Waals surface area contributed by atoms with E-state index in [9.17, 15) is 0 Å². The Balaban J connectivity index is 2.16. The zero-order valence-corrected chi connectivity index (χ0v) is 10.6. The zero-order valence-electron chi connectivity index (χ0n) is 10.6. The monoisotopic (exact) mass is 253 g/mol. The van der Waals surface area contributed by atoms with Gasteiger partial charge in [0.2, 0.25) is 0 Å². The maximum absolute atomic E-state index is 5.72. The molecule has 0 bridgehead atoms. The van der Waals surface area contributed by atoms with Crippen LogP contribution in [0.4, 0.5) is 0 Å². The van der Waals surface area contributed by atoms with Crippen molar-refractivity contribution in [3.05, 3.63) is 65.7 Å². The number of pyridine rings is 1. The van der Waals surface area contributed by atoms with Gasteiger partial charge in [-0.05, 0) is 19.1 Å². The molecule has 4 nitrogen and oxygen atoms in total. The van der Waals surface area contributed by atoms with Gasteiger partial charge in [-0.1, -0.05) is 24.3 Å². The highest BCUT2D eigenvalue weighted by Gasteiger charge is 2.17. The third-order valence-electron chi connectivity index (χ3n) is 3.23. The molecular weight excluding hydrogens is 238 g/mol. The summed E-state index contributed by atoms with van der Waals surface area (Å²) >= 11 is 0. The van der Waals surface area contributed by atoms with Crippen LogP contribution in [-0.4, -0.2) is 4.98 Å². The predicted octanol–water partition coefficient (Wildman–Crippen LogP) is 2.69. The number of rotatable bonds is 3. The second-order valence-electron chi connectivity index (χ2n) is 4.51. The fourth-order valence-corrected chi connectivity index (χ4v) is 2.34. The Morgan fingerprint density at radius 1 is 1.26 bits per heavy atom. The summed E-state index contributed by atoms with van der Waals surface area (Å²) in [7, 11) is 0. The molecule has 19 heavy (non-hydrogen) atoms. The molecule has 96 valence electrons. The number of aryl methyl sites for hydroxylation is 1. The lowest BCUT2D eigenvalue weighted by Gasteiger charge is -2.16. The number of nitrogens with zero attached hydrogens (tertiary/aromatic N) is 1. The lowest BCUT2D eigenvalue weighted by atomic mass is 9.98. The number of aromatic nitrogens is 1. The Hall–Kier alpha value is -2.17. The molecule has 0 aliphatic carbocycles. The van der Waals surface area contributed by atoms with E-state index < -0.39 is 0 Å². The van der Waals surface area contributed by atoms with Gasteiger partial charge in [-0.15, -0.1) is 0 Å². The molecule has 4 heteroatoms. The highest BCUT2D eigenvalue weighted by atomic mass is 16.3. The van der Waals surface area contributed by atoms with Crippen molar-refractivity contribution >= 4 is 10.9 Å². The second kappa shape index (κ2) is 4.84. The van der Waals surface area contributed by atoms with E-state index in [1.54, 1.807) is 12.5 Å². The largest absolute Gasteiger partial charge is 0.469 e. The molecule has 0 fully saturated rings. The number of furan rings is 1. The van der Waals surface area contributed by atoms with E-state index >= 15 is 0 Å². The SMILES string of the molecule is Cc1cc(C(NN)c2cccc3cccnc23)co1. The van der Waals surface area contributed by atoms with E-state index in [4.69, 9.17) is 10.3 Å². The molecule has 1 aromatic carbocycles. The average molecular weight is 253 g/mol. The van der Waals surface area contributed by atoms with Crippen LogP contribution in [0.1, 0.15) is 22.9 Å². The highest BCUT2D eigenvalue weighted by Crippen LogP contribution is 2.28. The van der Waals surface area contributed by atoms with Crippen LogP contribution < -0.4 is 11.3 Å². The number of para-hydroxylation sites is 1. The van der Waals surface area contributed by atoms with Gasteiger partial charge in [0.15, 0.2) is 0 Å². The van der Waals surface area contributed by atoms with Crippen LogP contribution in [0.25, 0.3) is 10.9 Å². The molecule has 0 saturated carbocycles. The van der Waals surface area contributed by atoms with Crippen molar-refractivity contribution < 1.29 is 4.42 Å². The second-order valence-corrected chi connectivity index (χ2v) is 4.51. The predicted molar refractivity (Wildman–Crippen MR) is 74.4 cm³/mol. The van der Waals surface area contributed by atoms with Crippen LogP contribution in [0.5, 0.6) is 0 Å². The van der Waals surface area contributed by atoms with Crippen LogP contribution in [0, 0.1) is 6.92 Å². The topological polar surface area (TPSA) is 64.1 Å². The van der Waals surface area contributed by atoms with Gasteiger partial charge in [0.05, 0.1) is 17.8 Å². The Morgan fingerprint density at radius 2 is 2.11 bits per heavy atom. The molecule has 3 aromatic rings. The van der Waals surface area contributed by atoms with Crippen LogP contribution in [-0.2, 0) is 0 Å². The van der Waals surface area contributed by atoms with E-state index in [-0.39, 0.29) is 6.04 Å². The summed E-state index contributed by atoms with van der Waals surface area (Å²) < 4.78 is 5.36. The molecule has 1 atom stereocenters. The van der Waals surface area contributed by atoms with Gasteiger partial charge in [-0.2, -0.15) is 0 Å². The van der Waals surface area contributed by atoms with Crippen molar-refractivity contribution in [1.82, 2.24) is 10.4 Å². The van der Waals surface area contributed by atoms with E-state index in [2.05, 4.69) is 10.4 Å². The van der Waals surface area contributed by atoms with Crippen molar-refractivity contribution in [2.45, 2.75) is 13.0 Å². The first-order valence-electron chi connectivity index (χ1n) is 6.14. The van der Waals surface area contributed by atoms with Gasteiger partial charge in [-0.25, -0.2) is 5.43 Å². The number of nitrogens with two attached hydrogens (primary N) is 1. The lowest BCUT2D eigenvalue weighted by Crippen LogP contribution is -2.28. The van der Waals surface area contributed by atoms with E-state index in [1.165, 1.54) is 0 Å². The average Bonchev–Trinajstić information content (AvgIpc) is 2.86. The quantitative estimate of drug-likeness (QED) is 0.556.